The second-order valence-corrected chi connectivity index (χ2v) is 20.6. The van der Waals surface area contributed by atoms with Gasteiger partial charge >= 0.3 is 11.9 Å². The lowest BCUT2D eigenvalue weighted by Gasteiger charge is -2.32. The number of ether oxygens (including phenoxy) is 5. The summed E-state index contributed by atoms with van der Waals surface area (Å²) >= 11 is 0. The number of esters is 2. The number of carbonyl (C=O) groups excluding carboxylic acids is 3. The number of amides is 1. The highest BCUT2D eigenvalue weighted by Crippen LogP contribution is 2.23. The molecule has 0 radical (unpaired) electrons. The smallest absolute Gasteiger partial charge is 0.305 e. The second kappa shape index (κ2) is 54.1. The Bertz CT molecular complexity index is 1030. The molecule has 1 amide bonds. The zero-order chi connectivity index (χ0) is 50.5. The Labute approximate surface area is 428 Å². The molecule has 0 aliphatic rings. The van der Waals surface area contributed by atoms with Crippen molar-refractivity contribution < 1.29 is 38.1 Å². The number of unbranched alkanes of at least 4 members (excludes halogenated alkanes) is 23. The van der Waals surface area contributed by atoms with Gasteiger partial charge in [0, 0.05) is 38.5 Å². The third kappa shape index (κ3) is 45.9. The van der Waals surface area contributed by atoms with Crippen LogP contribution in [0.25, 0.3) is 0 Å². The first-order valence-corrected chi connectivity index (χ1v) is 30.2. The van der Waals surface area contributed by atoms with Crippen LogP contribution in [0.3, 0.4) is 0 Å². The molecule has 0 rings (SSSR count). The van der Waals surface area contributed by atoms with Crippen LogP contribution in [0.4, 0.5) is 0 Å². The monoisotopic (exact) mass is 980 g/mol. The highest BCUT2D eigenvalue weighted by Gasteiger charge is 2.23. The Kier molecular flexibility index (Phi) is 52.7. The Morgan fingerprint density at radius 2 is 0.681 bits per heavy atom. The highest BCUT2D eigenvalue weighted by atomic mass is 16.5. The van der Waals surface area contributed by atoms with E-state index >= 15 is 0 Å². The van der Waals surface area contributed by atoms with Gasteiger partial charge in [0.25, 0.3) is 0 Å². The van der Waals surface area contributed by atoms with Gasteiger partial charge in [0.15, 0.2) is 0 Å². The summed E-state index contributed by atoms with van der Waals surface area (Å²) in [7, 11) is 0. The molecule has 2 unspecified atom stereocenters. The maximum atomic E-state index is 14.0. The fourth-order valence-electron chi connectivity index (χ4n) is 9.52. The molecule has 0 saturated carbocycles. The molecule has 0 aromatic heterocycles. The molecular weight excluding hydrogens is 863 g/mol. The molecule has 2 atom stereocenters. The number of rotatable bonds is 56. The van der Waals surface area contributed by atoms with Gasteiger partial charge in [0.2, 0.25) is 5.91 Å². The van der Waals surface area contributed by atoms with Crippen LogP contribution in [0.15, 0.2) is 0 Å². The fourth-order valence-corrected chi connectivity index (χ4v) is 9.52. The summed E-state index contributed by atoms with van der Waals surface area (Å²) in [5, 5.41) is 0. The van der Waals surface area contributed by atoms with Crippen molar-refractivity contribution in [3.05, 3.63) is 0 Å². The van der Waals surface area contributed by atoms with Crippen molar-refractivity contribution in [3.8, 4) is 0 Å². The molecular formula is C60H117NO8. The van der Waals surface area contributed by atoms with Crippen LogP contribution in [0, 0.1) is 11.8 Å². The van der Waals surface area contributed by atoms with E-state index in [2.05, 4.69) is 39.5 Å². The molecule has 9 heteroatoms. The van der Waals surface area contributed by atoms with Crippen molar-refractivity contribution in [2.75, 3.05) is 59.4 Å². The number of carbonyl (C=O) groups is 3. The first-order valence-electron chi connectivity index (χ1n) is 30.2. The van der Waals surface area contributed by atoms with E-state index in [1.165, 1.54) is 128 Å². The fraction of sp³-hybridized carbons (Fsp3) is 0.950. The average molecular weight is 981 g/mol. The topological polar surface area (TPSA) is 101 Å². The van der Waals surface area contributed by atoms with E-state index in [1.807, 2.05) is 6.92 Å². The van der Waals surface area contributed by atoms with Crippen LogP contribution < -0.4 is 0 Å². The minimum absolute atomic E-state index is 0.0220. The Hall–Kier alpha value is -1.71. The van der Waals surface area contributed by atoms with Gasteiger partial charge in [-0.15, -0.1) is 0 Å². The number of hydrogen-bond donors (Lipinski definition) is 0. The summed E-state index contributed by atoms with van der Waals surface area (Å²) in [6.07, 6.45) is 43.4. The summed E-state index contributed by atoms with van der Waals surface area (Å²) in [5.41, 5.74) is 0. The maximum Gasteiger partial charge on any atom is 0.305 e. The standard InChI is InChI=1S/C60H117NO8/c1-7-13-18-21-28-35-44-58(62)61(47-48-66-51-52-67-50-49-65-12-6)57(42-33-26-22-24-29-36-45-59(63)68-53-55(38-16-10-4)40-31-19-14-8-2)43-34-27-23-25-30-37-46-60(64)69-54-56(39-17-11-5)41-32-20-15-9-3/h55-57H,7-54H2,1-6H3. The lowest BCUT2D eigenvalue weighted by molar-refractivity contribution is -0.146. The van der Waals surface area contributed by atoms with Gasteiger partial charge in [-0.3, -0.25) is 14.4 Å². The first-order chi connectivity index (χ1) is 33.9. The SMILES string of the molecule is CCCCCCCCC(=O)N(CCOCCOCCOCC)C(CCCCCCCCC(=O)OCC(CCCC)CCCCCC)CCCCCCCCC(=O)OCC(CCCC)CCCCCC. The van der Waals surface area contributed by atoms with Crippen molar-refractivity contribution in [1.82, 2.24) is 4.90 Å². The third-order valence-corrected chi connectivity index (χ3v) is 14.1. The molecule has 0 heterocycles. The van der Waals surface area contributed by atoms with Gasteiger partial charge in [-0.05, 0) is 76.5 Å². The molecule has 69 heavy (non-hydrogen) atoms. The normalized spacial score (nSPS) is 12.8. The Morgan fingerprint density at radius 3 is 1.12 bits per heavy atom. The Morgan fingerprint density at radius 1 is 0.348 bits per heavy atom. The van der Waals surface area contributed by atoms with Crippen molar-refractivity contribution >= 4 is 17.8 Å². The summed E-state index contributed by atoms with van der Waals surface area (Å²) < 4.78 is 28.7. The molecule has 410 valence electrons. The molecule has 0 aliphatic carbocycles. The zero-order valence-corrected chi connectivity index (χ0v) is 46.9. The summed E-state index contributed by atoms with van der Waals surface area (Å²) in [6, 6.07) is 0.216. The lowest BCUT2D eigenvalue weighted by Crippen LogP contribution is -2.42. The van der Waals surface area contributed by atoms with Gasteiger partial charge in [0.05, 0.1) is 46.2 Å². The van der Waals surface area contributed by atoms with E-state index in [0.29, 0.717) is 90.5 Å². The van der Waals surface area contributed by atoms with Gasteiger partial charge in [-0.1, -0.05) is 208 Å². The molecule has 0 saturated heterocycles. The summed E-state index contributed by atoms with van der Waals surface area (Å²) in [6.45, 7) is 18.5. The van der Waals surface area contributed by atoms with E-state index in [0.717, 1.165) is 103 Å². The molecule has 0 aliphatic heterocycles. The van der Waals surface area contributed by atoms with E-state index in [4.69, 9.17) is 23.7 Å². The minimum atomic E-state index is -0.0220. The largest absolute Gasteiger partial charge is 0.465 e. The molecule has 0 fully saturated rings. The van der Waals surface area contributed by atoms with Crippen LogP contribution >= 0.6 is 0 Å². The van der Waals surface area contributed by atoms with Crippen molar-refractivity contribution in [2.24, 2.45) is 11.8 Å². The highest BCUT2D eigenvalue weighted by molar-refractivity contribution is 5.76. The first kappa shape index (κ1) is 67.3. The second-order valence-electron chi connectivity index (χ2n) is 20.6. The summed E-state index contributed by atoms with van der Waals surface area (Å²) in [4.78, 5) is 41.5. The predicted octanol–water partition coefficient (Wildman–Crippen LogP) is 16.9. The number of hydrogen-bond acceptors (Lipinski definition) is 8. The van der Waals surface area contributed by atoms with E-state index < -0.39 is 0 Å². The van der Waals surface area contributed by atoms with Crippen LogP contribution in [0.2, 0.25) is 0 Å². The van der Waals surface area contributed by atoms with E-state index in [9.17, 15) is 14.4 Å². The molecule has 0 aromatic rings. The van der Waals surface area contributed by atoms with Crippen molar-refractivity contribution in [3.63, 3.8) is 0 Å². The van der Waals surface area contributed by atoms with Crippen molar-refractivity contribution in [2.45, 2.75) is 298 Å². The average Bonchev–Trinajstić information content (AvgIpc) is 3.35. The van der Waals surface area contributed by atoms with Gasteiger partial charge in [-0.2, -0.15) is 0 Å². The van der Waals surface area contributed by atoms with Crippen LogP contribution in [-0.2, 0) is 38.1 Å². The quantitative estimate of drug-likeness (QED) is 0.0439. The van der Waals surface area contributed by atoms with Gasteiger partial charge < -0.3 is 28.6 Å². The number of nitrogens with zero attached hydrogens (tertiary/aromatic N) is 1. The predicted molar refractivity (Wildman–Crippen MR) is 291 cm³/mol. The van der Waals surface area contributed by atoms with Gasteiger partial charge in [-0.25, -0.2) is 0 Å². The zero-order valence-electron chi connectivity index (χ0n) is 46.9. The lowest BCUT2D eigenvalue weighted by atomic mass is 9.96. The van der Waals surface area contributed by atoms with E-state index in [1.54, 1.807) is 0 Å². The third-order valence-electron chi connectivity index (χ3n) is 14.1. The van der Waals surface area contributed by atoms with Crippen molar-refractivity contribution in [1.29, 1.82) is 0 Å². The van der Waals surface area contributed by atoms with Crippen LogP contribution in [-0.4, -0.2) is 88.2 Å². The minimum Gasteiger partial charge on any atom is -0.465 e. The van der Waals surface area contributed by atoms with Crippen LogP contribution in [0.1, 0.15) is 292 Å². The molecule has 0 spiro atoms. The van der Waals surface area contributed by atoms with Crippen LogP contribution in [0.5, 0.6) is 0 Å². The van der Waals surface area contributed by atoms with Gasteiger partial charge in [0.1, 0.15) is 0 Å². The molecule has 0 N–H and O–H groups in total. The molecule has 9 nitrogen and oxygen atoms in total. The Balaban J connectivity index is 5.17. The summed E-state index contributed by atoms with van der Waals surface area (Å²) in [5.74, 6) is 1.26. The van der Waals surface area contributed by atoms with E-state index in [-0.39, 0.29) is 23.9 Å². The molecule has 0 bridgehead atoms. The molecule has 0 aromatic carbocycles. The maximum absolute atomic E-state index is 14.0.